The summed E-state index contributed by atoms with van der Waals surface area (Å²) in [4.78, 5) is 16.9. The lowest BCUT2D eigenvalue weighted by molar-refractivity contribution is 0.102. The first-order valence-corrected chi connectivity index (χ1v) is 9.44. The second kappa shape index (κ2) is 6.57. The van der Waals surface area contributed by atoms with E-state index in [2.05, 4.69) is 20.7 Å². The number of anilines is 1. The number of aryl methyl sites for hydroxylation is 1. The maximum atomic E-state index is 12.6. The number of pyridine rings is 1. The summed E-state index contributed by atoms with van der Waals surface area (Å²) < 4.78 is 1.77. The Hall–Kier alpha value is -1.86. The van der Waals surface area contributed by atoms with Crippen LogP contribution in [-0.4, -0.2) is 33.8 Å². The molecule has 0 bridgehead atoms. The summed E-state index contributed by atoms with van der Waals surface area (Å²) in [6.45, 7) is 2.14. The summed E-state index contributed by atoms with van der Waals surface area (Å²) in [6, 6.07) is 1.96. The molecule has 6 nitrogen and oxygen atoms in total. The number of hydrogen-bond donors (Lipinski definition) is 2. The third-order valence-corrected chi connectivity index (χ3v) is 5.66. The van der Waals surface area contributed by atoms with E-state index in [0.29, 0.717) is 11.5 Å². The smallest absolute Gasteiger partial charge is 0.258 e. The van der Waals surface area contributed by atoms with E-state index in [4.69, 9.17) is 0 Å². The Bertz CT molecular complexity index is 766. The molecule has 0 aliphatic carbocycles. The summed E-state index contributed by atoms with van der Waals surface area (Å²) in [6.07, 6.45) is 5.67. The fourth-order valence-corrected chi connectivity index (χ4v) is 4.46. The molecule has 2 aromatic heterocycles. The normalized spacial score (nSPS) is 19.5. The van der Waals surface area contributed by atoms with E-state index in [1.165, 1.54) is 6.42 Å². The monoisotopic (exact) mass is 343 g/mol. The fourth-order valence-electron chi connectivity index (χ4n) is 3.42. The van der Waals surface area contributed by atoms with E-state index >= 15 is 0 Å². The van der Waals surface area contributed by atoms with Gasteiger partial charge in [0.25, 0.3) is 5.91 Å². The standard InChI is InChI=1S/C17H21N5OS/c1-22-16(14-9-24-10-15(14)21-22)20-17(23)13-5-12(7-19-8-13)4-11-2-3-18-6-11/h5,7-8,11,18H,2-4,6,9-10H2,1H3,(H,20,23). The summed E-state index contributed by atoms with van der Waals surface area (Å²) in [5, 5.41) is 10.9. The van der Waals surface area contributed by atoms with E-state index in [9.17, 15) is 4.79 Å². The van der Waals surface area contributed by atoms with Crippen molar-refractivity contribution in [2.24, 2.45) is 13.0 Å². The lowest BCUT2D eigenvalue weighted by Crippen LogP contribution is -2.16. The maximum absolute atomic E-state index is 12.6. The Morgan fingerprint density at radius 2 is 2.38 bits per heavy atom. The Labute approximate surface area is 145 Å². The van der Waals surface area contributed by atoms with Gasteiger partial charge in [0.2, 0.25) is 0 Å². The molecule has 0 spiro atoms. The van der Waals surface area contributed by atoms with Crippen LogP contribution in [0.15, 0.2) is 18.5 Å². The topological polar surface area (TPSA) is 71.8 Å². The van der Waals surface area contributed by atoms with Crippen LogP contribution in [0.25, 0.3) is 0 Å². The van der Waals surface area contributed by atoms with Gasteiger partial charge in [-0.2, -0.15) is 16.9 Å². The zero-order valence-electron chi connectivity index (χ0n) is 13.7. The molecule has 2 aromatic rings. The number of carbonyl (C=O) groups is 1. The molecule has 2 aliphatic rings. The van der Waals surface area contributed by atoms with Gasteiger partial charge in [-0.25, -0.2) is 0 Å². The average molecular weight is 343 g/mol. The van der Waals surface area contributed by atoms with Gasteiger partial charge in [0.15, 0.2) is 0 Å². The molecular formula is C17H21N5OS. The van der Waals surface area contributed by atoms with Crippen molar-refractivity contribution in [1.82, 2.24) is 20.1 Å². The van der Waals surface area contributed by atoms with Crippen molar-refractivity contribution in [3.05, 3.63) is 40.8 Å². The van der Waals surface area contributed by atoms with Crippen LogP contribution < -0.4 is 10.6 Å². The summed E-state index contributed by atoms with van der Waals surface area (Å²) in [5.41, 5.74) is 3.97. The molecule has 24 heavy (non-hydrogen) atoms. The van der Waals surface area contributed by atoms with E-state index in [0.717, 1.165) is 53.7 Å². The highest BCUT2D eigenvalue weighted by molar-refractivity contribution is 7.98. The average Bonchev–Trinajstić information content (AvgIpc) is 3.29. The van der Waals surface area contributed by atoms with Crippen molar-refractivity contribution in [3.8, 4) is 0 Å². The van der Waals surface area contributed by atoms with E-state index in [-0.39, 0.29) is 5.91 Å². The second-order valence-corrected chi connectivity index (χ2v) is 7.47. The predicted octanol–water partition coefficient (Wildman–Crippen LogP) is 1.97. The molecule has 2 aliphatic heterocycles. The molecule has 1 fully saturated rings. The van der Waals surface area contributed by atoms with E-state index in [1.807, 2.05) is 31.1 Å². The second-order valence-electron chi connectivity index (χ2n) is 6.49. The number of aromatic nitrogens is 3. The number of rotatable bonds is 4. The highest BCUT2D eigenvalue weighted by atomic mass is 32.2. The van der Waals surface area contributed by atoms with Crippen molar-refractivity contribution in [3.63, 3.8) is 0 Å². The first-order valence-electron chi connectivity index (χ1n) is 8.29. The number of hydrogen-bond acceptors (Lipinski definition) is 5. The minimum Gasteiger partial charge on any atom is -0.316 e. The van der Waals surface area contributed by atoms with Crippen LogP contribution in [-0.2, 0) is 25.0 Å². The first kappa shape index (κ1) is 15.7. The summed E-state index contributed by atoms with van der Waals surface area (Å²) >= 11 is 1.83. The largest absolute Gasteiger partial charge is 0.316 e. The van der Waals surface area contributed by atoms with Crippen LogP contribution in [0.5, 0.6) is 0 Å². The van der Waals surface area contributed by atoms with Crippen molar-refractivity contribution < 1.29 is 4.79 Å². The minimum atomic E-state index is -0.114. The fraction of sp³-hybridized carbons (Fsp3) is 0.471. The summed E-state index contributed by atoms with van der Waals surface area (Å²) in [5.74, 6) is 3.17. The molecule has 1 atom stereocenters. The van der Waals surface area contributed by atoms with Gasteiger partial charge >= 0.3 is 0 Å². The molecule has 126 valence electrons. The van der Waals surface area contributed by atoms with Gasteiger partial charge < -0.3 is 10.6 Å². The van der Waals surface area contributed by atoms with Gasteiger partial charge in [-0.1, -0.05) is 0 Å². The highest BCUT2D eigenvalue weighted by Gasteiger charge is 2.23. The quantitative estimate of drug-likeness (QED) is 0.888. The predicted molar refractivity (Wildman–Crippen MR) is 95.1 cm³/mol. The molecule has 1 unspecified atom stereocenters. The molecular weight excluding hydrogens is 322 g/mol. The van der Waals surface area contributed by atoms with Crippen LogP contribution in [0.3, 0.4) is 0 Å². The zero-order chi connectivity index (χ0) is 16.5. The number of nitrogens with one attached hydrogen (secondary N) is 2. The lowest BCUT2D eigenvalue weighted by atomic mass is 9.99. The van der Waals surface area contributed by atoms with Crippen molar-refractivity contribution in [1.29, 1.82) is 0 Å². The molecule has 1 amide bonds. The van der Waals surface area contributed by atoms with Crippen LogP contribution in [0, 0.1) is 5.92 Å². The van der Waals surface area contributed by atoms with Crippen LogP contribution in [0.1, 0.15) is 33.6 Å². The Morgan fingerprint density at radius 3 is 3.21 bits per heavy atom. The number of fused-ring (bicyclic) bond motifs is 1. The highest BCUT2D eigenvalue weighted by Crippen LogP contribution is 2.34. The molecule has 0 aromatic carbocycles. The molecule has 0 radical (unpaired) electrons. The van der Waals surface area contributed by atoms with Crippen LogP contribution >= 0.6 is 11.8 Å². The molecule has 4 rings (SSSR count). The van der Waals surface area contributed by atoms with Crippen LogP contribution in [0.4, 0.5) is 5.82 Å². The molecule has 2 N–H and O–H groups in total. The first-order chi connectivity index (χ1) is 11.7. The van der Waals surface area contributed by atoms with Gasteiger partial charge in [0.1, 0.15) is 5.82 Å². The Balaban J connectivity index is 1.50. The van der Waals surface area contributed by atoms with Gasteiger partial charge in [-0.3, -0.25) is 14.5 Å². The number of thioether (sulfide) groups is 1. The molecule has 0 saturated carbocycles. The molecule has 7 heteroatoms. The van der Waals surface area contributed by atoms with Crippen LogP contribution in [0.2, 0.25) is 0 Å². The number of carbonyl (C=O) groups excluding carboxylic acids is 1. The molecule has 1 saturated heterocycles. The zero-order valence-corrected chi connectivity index (χ0v) is 14.5. The third-order valence-electron chi connectivity index (χ3n) is 4.69. The van der Waals surface area contributed by atoms with E-state index < -0.39 is 0 Å². The summed E-state index contributed by atoms with van der Waals surface area (Å²) in [7, 11) is 1.88. The van der Waals surface area contributed by atoms with E-state index in [1.54, 1.807) is 10.9 Å². The molecule has 4 heterocycles. The third kappa shape index (κ3) is 3.06. The van der Waals surface area contributed by atoms with Gasteiger partial charge in [0, 0.05) is 36.5 Å². The maximum Gasteiger partial charge on any atom is 0.258 e. The van der Waals surface area contributed by atoms with Gasteiger partial charge in [-0.05, 0) is 43.5 Å². The van der Waals surface area contributed by atoms with Crippen molar-refractivity contribution >= 4 is 23.5 Å². The van der Waals surface area contributed by atoms with Gasteiger partial charge in [0.05, 0.1) is 11.3 Å². The Morgan fingerprint density at radius 1 is 1.46 bits per heavy atom. The van der Waals surface area contributed by atoms with Gasteiger partial charge in [-0.15, -0.1) is 0 Å². The SMILES string of the molecule is Cn1nc2c(c1NC(=O)c1cncc(CC3CCNC3)c1)CSC2. The lowest BCUT2D eigenvalue weighted by Gasteiger charge is -2.10. The van der Waals surface area contributed by atoms with Crippen molar-refractivity contribution in [2.75, 3.05) is 18.4 Å². The Kier molecular flexibility index (Phi) is 4.28. The van der Waals surface area contributed by atoms with Crippen molar-refractivity contribution in [2.45, 2.75) is 24.3 Å². The number of amides is 1. The minimum absolute atomic E-state index is 0.114. The number of nitrogens with zero attached hydrogens (tertiary/aromatic N) is 3.